The van der Waals surface area contributed by atoms with E-state index in [0.717, 1.165) is 10.6 Å². The molecule has 0 bridgehead atoms. The van der Waals surface area contributed by atoms with Crippen molar-refractivity contribution in [2.45, 2.75) is 0 Å². The number of carbonyl (C=O) groups is 1. The molecule has 0 spiro atoms. The van der Waals surface area contributed by atoms with Crippen molar-refractivity contribution in [3.63, 3.8) is 0 Å². The molecule has 1 aromatic heterocycles. The molecular formula is C15H16N2O3S. The first kappa shape index (κ1) is 15.1. The van der Waals surface area contributed by atoms with E-state index in [4.69, 9.17) is 9.47 Å². The van der Waals surface area contributed by atoms with Gasteiger partial charge in [-0.05, 0) is 18.2 Å². The lowest BCUT2D eigenvalue weighted by molar-refractivity contribution is 0.0954. The second-order valence-electron chi connectivity index (χ2n) is 4.11. The third-order valence-corrected chi connectivity index (χ3v) is 3.67. The highest BCUT2D eigenvalue weighted by Gasteiger charge is 2.13. The molecule has 0 radical (unpaired) electrons. The number of hydrogen-bond donors (Lipinski definition) is 1. The molecule has 6 heteroatoms. The lowest BCUT2D eigenvalue weighted by Gasteiger charge is -2.08. The lowest BCUT2D eigenvalue weighted by Crippen LogP contribution is -2.23. The maximum Gasteiger partial charge on any atom is 0.271 e. The number of nitrogens with zero attached hydrogens (tertiary/aromatic N) is 1. The molecule has 110 valence electrons. The number of methoxy groups -OCH3 is 2. The molecule has 0 aliphatic carbocycles. The zero-order valence-electron chi connectivity index (χ0n) is 11.9. The fourth-order valence-electron chi connectivity index (χ4n) is 1.74. The molecular weight excluding hydrogens is 288 g/mol. The van der Waals surface area contributed by atoms with Crippen molar-refractivity contribution in [1.29, 1.82) is 0 Å². The number of carbonyl (C=O) groups excluding carboxylic acids is 1. The average Bonchev–Trinajstić information content (AvgIpc) is 3.01. The van der Waals surface area contributed by atoms with Gasteiger partial charge in [0.25, 0.3) is 5.91 Å². The zero-order valence-corrected chi connectivity index (χ0v) is 12.7. The van der Waals surface area contributed by atoms with E-state index >= 15 is 0 Å². The summed E-state index contributed by atoms with van der Waals surface area (Å²) in [6.07, 6.45) is 1.62. The van der Waals surface area contributed by atoms with E-state index in [1.54, 1.807) is 25.7 Å². The van der Waals surface area contributed by atoms with Crippen LogP contribution in [0.25, 0.3) is 10.6 Å². The second-order valence-corrected chi connectivity index (χ2v) is 4.96. The Balaban J connectivity index is 2.25. The van der Waals surface area contributed by atoms with Crippen LogP contribution in [0.4, 0.5) is 0 Å². The number of rotatable bonds is 6. The summed E-state index contributed by atoms with van der Waals surface area (Å²) in [5.74, 6) is 1.07. The van der Waals surface area contributed by atoms with Gasteiger partial charge in [0.15, 0.2) is 11.5 Å². The van der Waals surface area contributed by atoms with Gasteiger partial charge in [-0.3, -0.25) is 4.79 Å². The van der Waals surface area contributed by atoms with Gasteiger partial charge in [0.1, 0.15) is 10.7 Å². The largest absolute Gasteiger partial charge is 0.493 e. The Labute approximate surface area is 127 Å². The molecule has 0 unspecified atom stereocenters. The zero-order chi connectivity index (χ0) is 15.2. The standard InChI is InChI=1S/C15H16N2O3S/c1-4-7-16-14(18)11-9-21-15(17-11)10-5-6-12(19-2)13(8-10)20-3/h4-6,8-9H,1,7H2,2-3H3,(H,16,18). The molecule has 21 heavy (non-hydrogen) atoms. The lowest BCUT2D eigenvalue weighted by atomic mass is 10.2. The number of hydrogen-bond acceptors (Lipinski definition) is 5. The third kappa shape index (κ3) is 3.41. The van der Waals surface area contributed by atoms with Gasteiger partial charge < -0.3 is 14.8 Å². The van der Waals surface area contributed by atoms with E-state index in [0.29, 0.717) is 23.7 Å². The Morgan fingerprint density at radius 1 is 1.38 bits per heavy atom. The minimum Gasteiger partial charge on any atom is -0.493 e. The Bertz CT molecular complexity index is 652. The van der Waals surface area contributed by atoms with Crippen LogP contribution in [-0.2, 0) is 0 Å². The molecule has 2 rings (SSSR count). The Morgan fingerprint density at radius 2 is 2.14 bits per heavy atom. The third-order valence-electron chi connectivity index (χ3n) is 2.77. The Kier molecular flexibility index (Phi) is 4.94. The van der Waals surface area contributed by atoms with Gasteiger partial charge in [-0.15, -0.1) is 17.9 Å². The van der Waals surface area contributed by atoms with Crippen LogP contribution in [0.15, 0.2) is 36.2 Å². The van der Waals surface area contributed by atoms with E-state index in [-0.39, 0.29) is 5.91 Å². The number of amides is 1. The summed E-state index contributed by atoms with van der Waals surface area (Å²) in [5, 5.41) is 5.17. The van der Waals surface area contributed by atoms with Crippen LogP contribution in [0.3, 0.4) is 0 Å². The molecule has 1 aromatic carbocycles. The molecule has 0 fully saturated rings. The molecule has 0 saturated heterocycles. The Morgan fingerprint density at radius 3 is 2.81 bits per heavy atom. The molecule has 0 atom stereocenters. The molecule has 0 aliphatic heterocycles. The SMILES string of the molecule is C=CCNC(=O)c1csc(-c2ccc(OC)c(OC)c2)n1. The van der Waals surface area contributed by atoms with Crippen LogP contribution in [0, 0.1) is 0 Å². The summed E-state index contributed by atoms with van der Waals surface area (Å²) < 4.78 is 10.5. The van der Waals surface area contributed by atoms with Crippen LogP contribution in [-0.4, -0.2) is 31.7 Å². The van der Waals surface area contributed by atoms with Gasteiger partial charge in [0, 0.05) is 17.5 Å². The number of benzene rings is 1. The van der Waals surface area contributed by atoms with Gasteiger partial charge in [-0.2, -0.15) is 0 Å². The number of aromatic nitrogens is 1. The summed E-state index contributed by atoms with van der Waals surface area (Å²) in [5.41, 5.74) is 1.27. The fourth-order valence-corrected chi connectivity index (χ4v) is 2.53. The highest BCUT2D eigenvalue weighted by atomic mass is 32.1. The molecule has 1 amide bonds. The Hall–Kier alpha value is -2.34. The minimum absolute atomic E-state index is 0.210. The van der Waals surface area contributed by atoms with Crippen LogP contribution in [0.1, 0.15) is 10.5 Å². The van der Waals surface area contributed by atoms with Crippen molar-refractivity contribution in [2.75, 3.05) is 20.8 Å². The van der Waals surface area contributed by atoms with Crippen LogP contribution in [0.5, 0.6) is 11.5 Å². The maximum absolute atomic E-state index is 11.8. The van der Waals surface area contributed by atoms with Crippen LogP contribution in [0.2, 0.25) is 0 Å². The highest BCUT2D eigenvalue weighted by Crippen LogP contribution is 2.33. The van der Waals surface area contributed by atoms with Crippen molar-refractivity contribution in [3.05, 3.63) is 41.9 Å². The van der Waals surface area contributed by atoms with E-state index in [1.807, 2.05) is 18.2 Å². The fraction of sp³-hybridized carbons (Fsp3) is 0.200. The normalized spacial score (nSPS) is 10.0. The maximum atomic E-state index is 11.8. The summed E-state index contributed by atoms with van der Waals surface area (Å²) in [6.45, 7) is 3.97. The molecule has 5 nitrogen and oxygen atoms in total. The quantitative estimate of drug-likeness (QED) is 0.834. The van der Waals surface area contributed by atoms with E-state index in [2.05, 4.69) is 16.9 Å². The first-order chi connectivity index (χ1) is 10.2. The second kappa shape index (κ2) is 6.90. The molecule has 0 saturated carbocycles. The van der Waals surface area contributed by atoms with E-state index < -0.39 is 0 Å². The number of ether oxygens (including phenoxy) is 2. The summed E-state index contributed by atoms with van der Waals surface area (Å²) in [6, 6.07) is 5.53. The monoisotopic (exact) mass is 304 g/mol. The molecule has 0 aliphatic rings. The average molecular weight is 304 g/mol. The summed E-state index contributed by atoms with van der Waals surface area (Å²) in [4.78, 5) is 16.2. The number of nitrogens with one attached hydrogen (secondary N) is 1. The van der Waals surface area contributed by atoms with Crippen molar-refractivity contribution in [2.24, 2.45) is 0 Å². The highest BCUT2D eigenvalue weighted by molar-refractivity contribution is 7.13. The van der Waals surface area contributed by atoms with Gasteiger partial charge in [-0.1, -0.05) is 6.08 Å². The number of thiazole rings is 1. The predicted molar refractivity (Wildman–Crippen MR) is 83.2 cm³/mol. The molecule has 1 heterocycles. The first-order valence-electron chi connectivity index (χ1n) is 6.26. The van der Waals surface area contributed by atoms with Gasteiger partial charge in [-0.25, -0.2) is 4.98 Å². The van der Waals surface area contributed by atoms with Gasteiger partial charge in [0.05, 0.1) is 14.2 Å². The smallest absolute Gasteiger partial charge is 0.271 e. The van der Waals surface area contributed by atoms with E-state index in [1.165, 1.54) is 11.3 Å². The molecule has 2 aromatic rings. The minimum atomic E-state index is -0.210. The van der Waals surface area contributed by atoms with Crippen LogP contribution >= 0.6 is 11.3 Å². The molecule has 1 N–H and O–H groups in total. The first-order valence-corrected chi connectivity index (χ1v) is 7.14. The van der Waals surface area contributed by atoms with E-state index in [9.17, 15) is 4.79 Å². The van der Waals surface area contributed by atoms with Gasteiger partial charge >= 0.3 is 0 Å². The van der Waals surface area contributed by atoms with Crippen molar-refractivity contribution in [1.82, 2.24) is 10.3 Å². The topological polar surface area (TPSA) is 60.5 Å². The predicted octanol–water partition coefficient (Wildman–Crippen LogP) is 2.74. The van der Waals surface area contributed by atoms with Crippen molar-refractivity contribution in [3.8, 4) is 22.1 Å². The van der Waals surface area contributed by atoms with Crippen LogP contribution < -0.4 is 14.8 Å². The summed E-state index contributed by atoms with van der Waals surface area (Å²) in [7, 11) is 3.17. The van der Waals surface area contributed by atoms with Gasteiger partial charge in [0.2, 0.25) is 0 Å². The summed E-state index contributed by atoms with van der Waals surface area (Å²) >= 11 is 1.40. The van der Waals surface area contributed by atoms with Crippen molar-refractivity contribution >= 4 is 17.2 Å². The van der Waals surface area contributed by atoms with Crippen molar-refractivity contribution < 1.29 is 14.3 Å².